The van der Waals surface area contributed by atoms with Crippen LogP contribution in [0.5, 0.6) is 0 Å². The standard InChI is InChI=1S/C19H24BF2NO4/c1-17(2,3)25-16(24)23-10-13(12-8-11(21)9-14(22)15(12)23)20-26-18(4,5)19(6,7)27-20/h8-10H,1-7H3. The second-order valence-corrected chi connectivity index (χ2v) is 8.81. The first kappa shape index (κ1) is 19.8. The molecule has 1 aliphatic rings. The average Bonchev–Trinajstić information content (AvgIpc) is 2.92. The number of carbonyl (C=O) groups excluding carboxylic acids is 1. The van der Waals surface area contributed by atoms with Crippen molar-refractivity contribution >= 4 is 29.6 Å². The molecule has 146 valence electrons. The van der Waals surface area contributed by atoms with Crippen molar-refractivity contribution in [2.24, 2.45) is 0 Å². The third-order valence-electron chi connectivity index (χ3n) is 4.95. The van der Waals surface area contributed by atoms with Gasteiger partial charge in [0.25, 0.3) is 0 Å². The first-order chi connectivity index (χ1) is 12.2. The number of nitrogens with zero attached hydrogens (tertiary/aromatic N) is 1. The highest BCUT2D eigenvalue weighted by molar-refractivity contribution is 6.65. The summed E-state index contributed by atoms with van der Waals surface area (Å²) in [5.41, 5.74) is -1.74. The van der Waals surface area contributed by atoms with Gasteiger partial charge in [-0.15, -0.1) is 0 Å². The fourth-order valence-electron chi connectivity index (χ4n) is 2.92. The minimum absolute atomic E-state index is 0.0737. The predicted molar refractivity (Wildman–Crippen MR) is 99.2 cm³/mol. The first-order valence-electron chi connectivity index (χ1n) is 8.81. The van der Waals surface area contributed by atoms with Crippen molar-refractivity contribution in [1.82, 2.24) is 4.57 Å². The molecule has 1 aromatic heterocycles. The van der Waals surface area contributed by atoms with E-state index in [2.05, 4.69) is 0 Å². The van der Waals surface area contributed by atoms with Crippen LogP contribution in [0.3, 0.4) is 0 Å². The van der Waals surface area contributed by atoms with E-state index < -0.39 is 41.6 Å². The highest BCUT2D eigenvalue weighted by atomic mass is 19.1. The maximum atomic E-state index is 14.6. The summed E-state index contributed by atoms with van der Waals surface area (Å²) in [6.45, 7) is 12.6. The van der Waals surface area contributed by atoms with Gasteiger partial charge in [0.15, 0.2) is 5.82 Å². The SMILES string of the molecule is CC(C)(C)OC(=O)n1cc(B2OC(C)(C)C(C)(C)O2)c2cc(F)cc(F)c21. The molecule has 0 amide bonds. The molecule has 0 bridgehead atoms. The van der Waals surface area contributed by atoms with E-state index in [0.717, 1.165) is 10.6 Å². The van der Waals surface area contributed by atoms with Crippen molar-refractivity contribution in [3.8, 4) is 0 Å². The number of hydrogen-bond donors (Lipinski definition) is 0. The van der Waals surface area contributed by atoms with Gasteiger partial charge in [0.05, 0.1) is 16.7 Å². The molecule has 1 fully saturated rings. The smallest absolute Gasteiger partial charge is 0.443 e. The highest BCUT2D eigenvalue weighted by Gasteiger charge is 2.52. The predicted octanol–water partition coefficient (Wildman–Crippen LogP) is 4.00. The second-order valence-electron chi connectivity index (χ2n) is 8.81. The van der Waals surface area contributed by atoms with Crippen molar-refractivity contribution in [2.75, 3.05) is 0 Å². The van der Waals surface area contributed by atoms with Crippen molar-refractivity contribution in [1.29, 1.82) is 0 Å². The Kier molecular flexibility index (Phi) is 4.43. The summed E-state index contributed by atoms with van der Waals surface area (Å²) in [7, 11) is -0.873. The Morgan fingerprint density at radius 2 is 1.67 bits per heavy atom. The summed E-state index contributed by atoms with van der Waals surface area (Å²) < 4.78 is 46.9. The molecule has 3 rings (SSSR count). The number of benzene rings is 1. The maximum Gasteiger partial charge on any atom is 0.497 e. The van der Waals surface area contributed by atoms with Crippen molar-refractivity contribution in [3.63, 3.8) is 0 Å². The molecule has 2 heterocycles. The first-order valence-corrected chi connectivity index (χ1v) is 8.81. The average molecular weight is 379 g/mol. The van der Waals surface area contributed by atoms with Gasteiger partial charge >= 0.3 is 13.2 Å². The Balaban J connectivity index is 2.16. The molecule has 8 heteroatoms. The van der Waals surface area contributed by atoms with Crippen molar-refractivity contribution in [3.05, 3.63) is 30.0 Å². The maximum absolute atomic E-state index is 14.6. The molecule has 1 aromatic carbocycles. The van der Waals surface area contributed by atoms with Crippen LogP contribution in [-0.4, -0.2) is 34.6 Å². The topological polar surface area (TPSA) is 49.7 Å². The minimum atomic E-state index is -0.873. The van der Waals surface area contributed by atoms with Gasteiger partial charge < -0.3 is 14.0 Å². The van der Waals surface area contributed by atoms with Crippen LogP contribution in [0.25, 0.3) is 10.9 Å². The highest BCUT2D eigenvalue weighted by Crippen LogP contribution is 2.37. The molecule has 0 atom stereocenters. The molecule has 27 heavy (non-hydrogen) atoms. The Morgan fingerprint density at radius 1 is 1.11 bits per heavy atom. The third kappa shape index (κ3) is 3.48. The van der Waals surface area contributed by atoms with E-state index in [9.17, 15) is 13.6 Å². The molecular weight excluding hydrogens is 355 g/mol. The van der Waals surface area contributed by atoms with Crippen LogP contribution in [0.15, 0.2) is 18.3 Å². The Bertz CT molecular complexity index is 899. The fourth-order valence-corrected chi connectivity index (χ4v) is 2.92. The zero-order valence-corrected chi connectivity index (χ0v) is 16.6. The Hall–Kier alpha value is -1.93. The Morgan fingerprint density at radius 3 is 2.19 bits per heavy atom. The largest absolute Gasteiger partial charge is 0.497 e. The summed E-state index contributed by atoms with van der Waals surface area (Å²) in [5.74, 6) is -1.61. The van der Waals surface area contributed by atoms with Gasteiger partial charge in [-0.05, 0) is 54.5 Å². The monoisotopic (exact) mass is 379 g/mol. The van der Waals surface area contributed by atoms with Crippen LogP contribution in [0.1, 0.15) is 48.5 Å². The quantitative estimate of drug-likeness (QED) is 0.703. The van der Waals surface area contributed by atoms with Gasteiger partial charge in [0, 0.05) is 23.1 Å². The molecule has 0 aliphatic carbocycles. The third-order valence-corrected chi connectivity index (χ3v) is 4.95. The molecule has 0 N–H and O–H groups in total. The van der Waals surface area contributed by atoms with Crippen LogP contribution in [0, 0.1) is 11.6 Å². The number of halogens is 2. The molecule has 0 saturated carbocycles. The lowest BCUT2D eigenvalue weighted by atomic mass is 9.79. The zero-order chi connectivity index (χ0) is 20.4. The van der Waals surface area contributed by atoms with Gasteiger partial charge in [-0.1, -0.05) is 0 Å². The van der Waals surface area contributed by atoms with E-state index in [0.29, 0.717) is 5.46 Å². The second kappa shape index (κ2) is 6.04. The fraction of sp³-hybridized carbons (Fsp3) is 0.526. The number of rotatable bonds is 1. The molecule has 0 spiro atoms. The number of aromatic nitrogens is 1. The van der Waals surface area contributed by atoms with Crippen LogP contribution >= 0.6 is 0 Å². The number of ether oxygens (including phenoxy) is 1. The molecule has 0 radical (unpaired) electrons. The lowest BCUT2D eigenvalue weighted by Crippen LogP contribution is -2.41. The van der Waals surface area contributed by atoms with E-state index >= 15 is 0 Å². The van der Waals surface area contributed by atoms with Gasteiger partial charge in [-0.2, -0.15) is 0 Å². The van der Waals surface area contributed by atoms with Crippen LogP contribution in [0.2, 0.25) is 0 Å². The Labute approximate surface area is 157 Å². The molecule has 1 aliphatic heterocycles. The number of fused-ring (bicyclic) bond motifs is 1. The van der Waals surface area contributed by atoms with E-state index in [1.54, 1.807) is 20.8 Å². The van der Waals surface area contributed by atoms with Gasteiger partial charge in [-0.3, -0.25) is 0 Å². The van der Waals surface area contributed by atoms with Crippen LogP contribution in [0.4, 0.5) is 13.6 Å². The molecular formula is C19H24BF2NO4. The number of carbonyl (C=O) groups is 1. The van der Waals surface area contributed by atoms with E-state index in [1.165, 1.54) is 12.3 Å². The summed E-state index contributed by atoms with van der Waals surface area (Å²) >= 11 is 0. The lowest BCUT2D eigenvalue weighted by Gasteiger charge is -2.32. The molecule has 1 saturated heterocycles. The number of hydrogen-bond acceptors (Lipinski definition) is 4. The van der Waals surface area contributed by atoms with Gasteiger partial charge in [-0.25, -0.2) is 18.1 Å². The summed E-state index contributed by atoms with van der Waals surface area (Å²) in [4.78, 5) is 12.6. The van der Waals surface area contributed by atoms with Crippen molar-refractivity contribution in [2.45, 2.75) is 65.3 Å². The summed E-state index contributed by atoms with van der Waals surface area (Å²) in [5, 5.41) is 0.205. The molecule has 5 nitrogen and oxygen atoms in total. The molecule has 2 aromatic rings. The lowest BCUT2D eigenvalue weighted by molar-refractivity contribution is 0.00578. The summed E-state index contributed by atoms with van der Waals surface area (Å²) in [6.07, 6.45) is 0.629. The van der Waals surface area contributed by atoms with Crippen LogP contribution in [-0.2, 0) is 14.0 Å². The van der Waals surface area contributed by atoms with E-state index in [-0.39, 0.29) is 10.9 Å². The van der Waals surface area contributed by atoms with E-state index in [1.807, 2.05) is 27.7 Å². The van der Waals surface area contributed by atoms with Crippen molar-refractivity contribution < 1.29 is 27.6 Å². The van der Waals surface area contributed by atoms with Gasteiger partial charge in [0.1, 0.15) is 11.4 Å². The zero-order valence-electron chi connectivity index (χ0n) is 16.6. The summed E-state index contributed by atoms with van der Waals surface area (Å²) in [6, 6.07) is 1.90. The normalized spacial score (nSPS) is 18.9. The van der Waals surface area contributed by atoms with Gasteiger partial charge in [0.2, 0.25) is 0 Å². The molecule has 0 unspecified atom stereocenters. The minimum Gasteiger partial charge on any atom is -0.443 e. The van der Waals surface area contributed by atoms with Crippen LogP contribution < -0.4 is 5.46 Å². The van der Waals surface area contributed by atoms with E-state index in [4.69, 9.17) is 14.0 Å².